The Kier molecular flexibility index (Phi) is 11.0. The summed E-state index contributed by atoms with van der Waals surface area (Å²) in [7, 11) is -3.98. The molecule has 1 N–H and O–H groups in total. The second-order valence-electron chi connectivity index (χ2n) is 13.0. The number of phosphoric ester groups is 1. The Bertz CT molecular complexity index is 1420. The summed E-state index contributed by atoms with van der Waals surface area (Å²) in [5.74, 6) is -0.824. The fourth-order valence-corrected chi connectivity index (χ4v) is 7.10. The first-order chi connectivity index (χ1) is 20.6. The van der Waals surface area contributed by atoms with Crippen LogP contribution in [-0.4, -0.2) is 42.2 Å². The van der Waals surface area contributed by atoms with Crippen molar-refractivity contribution in [2.45, 2.75) is 71.7 Å². The molecule has 0 spiro atoms. The molecule has 4 rings (SSSR count). The molecular weight excluding hydrogens is 601 g/mol. The van der Waals surface area contributed by atoms with Crippen LogP contribution in [0.15, 0.2) is 72.8 Å². The molecule has 0 unspecified atom stereocenters. The molecule has 0 radical (unpaired) electrons. The molecule has 0 saturated carbocycles. The highest BCUT2D eigenvalue weighted by atomic mass is 35.5. The number of piperidine rings is 1. The lowest BCUT2D eigenvalue weighted by Crippen LogP contribution is -2.36. The van der Waals surface area contributed by atoms with Gasteiger partial charge in [-0.2, -0.15) is 0 Å². The van der Waals surface area contributed by atoms with Crippen molar-refractivity contribution in [3.05, 3.63) is 88.9 Å². The lowest BCUT2D eigenvalue weighted by atomic mass is 9.84. The number of nitrogens with zero attached hydrogens (tertiary/aromatic N) is 1. The number of rotatable bonds is 11. The third kappa shape index (κ3) is 9.64. The normalized spacial score (nSPS) is 15.8. The maximum Gasteiger partial charge on any atom is 0.477 e. The van der Waals surface area contributed by atoms with Crippen molar-refractivity contribution < 1.29 is 32.8 Å². The van der Waals surface area contributed by atoms with Crippen LogP contribution < -0.4 is 4.90 Å². The second kappa shape index (κ2) is 14.2. The van der Waals surface area contributed by atoms with Crippen molar-refractivity contribution in [3.63, 3.8) is 0 Å². The number of halogens is 1. The van der Waals surface area contributed by atoms with Gasteiger partial charge in [0.25, 0.3) is 0 Å². The average Bonchev–Trinajstić information content (AvgIpc) is 2.94. The van der Waals surface area contributed by atoms with Crippen LogP contribution in [0.5, 0.6) is 0 Å². The Hall–Kier alpha value is -2.71. The molecule has 3 aromatic rings. The fourth-order valence-electron chi connectivity index (χ4n) is 5.30. The van der Waals surface area contributed by atoms with E-state index in [2.05, 4.69) is 17.0 Å². The molecule has 1 heterocycles. The zero-order valence-electron chi connectivity index (χ0n) is 26.3. The Morgan fingerprint density at radius 2 is 1.48 bits per heavy atom. The number of aromatic carboxylic acids is 1. The maximum absolute atomic E-state index is 13.7. The fraction of sp³-hybridized carbons (Fsp3) is 0.441. The summed E-state index contributed by atoms with van der Waals surface area (Å²) in [4.78, 5) is 13.5. The van der Waals surface area contributed by atoms with E-state index in [-0.39, 0.29) is 24.4 Å². The summed E-state index contributed by atoms with van der Waals surface area (Å²) in [6.07, 6.45) is 1.25. The predicted octanol–water partition coefficient (Wildman–Crippen LogP) is 9.39. The predicted molar refractivity (Wildman–Crippen MR) is 174 cm³/mol. The molecular formula is C34H43ClNO7P. The van der Waals surface area contributed by atoms with E-state index < -0.39 is 25.0 Å². The number of carboxylic acids is 1. The van der Waals surface area contributed by atoms with Gasteiger partial charge in [0, 0.05) is 23.8 Å². The Labute approximate surface area is 265 Å². The highest BCUT2D eigenvalue weighted by Crippen LogP contribution is 2.55. The van der Waals surface area contributed by atoms with E-state index in [0.717, 1.165) is 48.3 Å². The van der Waals surface area contributed by atoms with Gasteiger partial charge in [0.15, 0.2) is 6.79 Å². The first-order valence-electron chi connectivity index (χ1n) is 14.8. The van der Waals surface area contributed by atoms with Crippen LogP contribution in [0.3, 0.4) is 0 Å². The summed E-state index contributed by atoms with van der Waals surface area (Å²) in [6.45, 7) is 12.0. The van der Waals surface area contributed by atoms with Crippen molar-refractivity contribution in [3.8, 4) is 11.1 Å². The van der Waals surface area contributed by atoms with Gasteiger partial charge in [0.05, 0.1) is 22.9 Å². The average molecular weight is 644 g/mol. The zero-order valence-corrected chi connectivity index (χ0v) is 27.9. The molecule has 1 aliphatic heterocycles. The summed E-state index contributed by atoms with van der Waals surface area (Å²) in [5.41, 5.74) is 2.72. The topological polar surface area (TPSA) is 94.5 Å². The van der Waals surface area contributed by atoms with Crippen LogP contribution >= 0.6 is 19.4 Å². The molecule has 0 bridgehead atoms. The molecule has 238 valence electrons. The number of carbonyl (C=O) groups is 1. The summed E-state index contributed by atoms with van der Waals surface area (Å²) in [6, 6.07) is 22.8. The minimum atomic E-state index is -3.98. The van der Waals surface area contributed by atoms with E-state index in [9.17, 15) is 14.5 Å². The minimum Gasteiger partial charge on any atom is -0.478 e. The Morgan fingerprint density at radius 1 is 0.909 bits per heavy atom. The van der Waals surface area contributed by atoms with Crippen LogP contribution in [0, 0.1) is 5.92 Å². The van der Waals surface area contributed by atoms with Gasteiger partial charge in [-0.15, -0.1) is 0 Å². The van der Waals surface area contributed by atoms with Gasteiger partial charge in [0.2, 0.25) is 0 Å². The lowest BCUT2D eigenvalue weighted by molar-refractivity contribution is -0.0933. The molecule has 1 saturated heterocycles. The van der Waals surface area contributed by atoms with Crippen molar-refractivity contribution in [1.29, 1.82) is 0 Å². The number of hydrogen-bond donors (Lipinski definition) is 1. The Balaban J connectivity index is 1.59. The van der Waals surface area contributed by atoms with Gasteiger partial charge in [0.1, 0.15) is 0 Å². The van der Waals surface area contributed by atoms with Crippen molar-refractivity contribution in [2.75, 3.05) is 24.8 Å². The molecule has 0 aliphatic carbocycles. The molecule has 0 amide bonds. The van der Waals surface area contributed by atoms with Gasteiger partial charge < -0.3 is 14.7 Å². The van der Waals surface area contributed by atoms with E-state index in [1.54, 1.807) is 53.7 Å². The van der Waals surface area contributed by atoms with Gasteiger partial charge >= 0.3 is 13.8 Å². The quantitative estimate of drug-likeness (QED) is 0.163. The van der Waals surface area contributed by atoms with Crippen molar-refractivity contribution in [2.24, 2.45) is 5.92 Å². The van der Waals surface area contributed by atoms with Gasteiger partial charge in [-0.3, -0.25) is 13.6 Å². The molecule has 10 heteroatoms. The SMILES string of the molecule is CC(C)(C)OP(=O)(OCO[C@@H](c1ccccc1-c1ccc(Cl)cc1)C1CCN(c2ccc(C(=O)O)cc2)CC1)OC(C)(C)C. The summed E-state index contributed by atoms with van der Waals surface area (Å²) >= 11 is 6.19. The van der Waals surface area contributed by atoms with Gasteiger partial charge in [-0.1, -0.05) is 48.0 Å². The second-order valence-corrected chi connectivity index (χ2v) is 14.9. The minimum absolute atomic E-state index is 0.119. The molecule has 1 aliphatic rings. The number of hydrogen-bond acceptors (Lipinski definition) is 7. The van der Waals surface area contributed by atoms with Gasteiger partial charge in [-0.25, -0.2) is 9.36 Å². The third-order valence-electron chi connectivity index (χ3n) is 7.10. The smallest absolute Gasteiger partial charge is 0.477 e. The van der Waals surface area contributed by atoms with E-state index in [0.29, 0.717) is 5.02 Å². The highest BCUT2D eigenvalue weighted by molar-refractivity contribution is 7.48. The van der Waals surface area contributed by atoms with Crippen LogP contribution in [0.2, 0.25) is 5.02 Å². The first kappa shape index (κ1) is 34.2. The van der Waals surface area contributed by atoms with Crippen LogP contribution in [0.1, 0.15) is 76.4 Å². The Morgan fingerprint density at radius 3 is 2.02 bits per heavy atom. The summed E-state index contributed by atoms with van der Waals surface area (Å²) in [5, 5.41) is 9.92. The van der Waals surface area contributed by atoms with E-state index >= 15 is 0 Å². The number of phosphoric acid groups is 1. The maximum atomic E-state index is 13.7. The monoisotopic (exact) mass is 643 g/mol. The molecule has 1 fully saturated rings. The molecule has 8 nitrogen and oxygen atoms in total. The highest BCUT2D eigenvalue weighted by Gasteiger charge is 2.38. The number of anilines is 1. The molecule has 0 aromatic heterocycles. The lowest BCUT2D eigenvalue weighted by Gasteiger charge is -2.38. The van der Waals surface area contributed by atoms with Crippen molar-refractivity contribution in [1.82, 2.24) is 0 Å². The number of benzene rings is 3. The number of ether oxygens (including phenoxy) is 1. The zero-order chi connectivity index (χ0) is 32.1. The number of carboxylic acid groups (broad SMARTS) is 1. The largest absolute Gasteiger partial charge is 0.478 e. The molecule has 44 heavy (non-hydrogen) atoms. The third-order valence-corrected chi connectivity index (χ3v) is 9.32. The van der Waals surface area contributed by atoms with Crippen LogP contribution in [0.25, 0.3) is 11.1 Å². The van der Waals surface area contributed by atoms with Crippen LogP contribution in [-0.2, 0) is 22.9 Å². The molecule has 3 aromatic carbocycles. The molecule has 1 atom stereocenters. The summed E-state index contributed by atoms with van der Waals surface area (Å²) < 4.78 is 37.6. The van der Waals surface area contributed by atoms with E-state index in [1.807, 2.05) is 48.5 Å². The van der Waals surface area contributed by atoms with Crippen LogP contribution in [0.4, 0.5) is 5.69 Å². The standard InChI is InChI=1S/C34H43ClNO7P/c1-33(2,3)42-44(39,43-34(4,5)6)41-23-40-31(30-10-8-7-9-29(30)24-11-15-27(35)16-12-24)25-19-21-36(22-20-25)28-17-13-26(14-18-28)32(37)38/h7-18,25,31H,19-23H2,1-6H3,(H,37,38)/t31-/m1/s1. The van der Waals surface area contributed by atoms with E-state index in [1.165, 1.54) is 0 Å². The van der Waals surface area contributed by atoms with Gasteiger partial charge in [-0.05, 0) is 113 Å². The first-order valence-corrected chi connectivity index (χ1v) is 16.7. The van der Waals surface area contributed by atoms with Crippen molar-refractivity contribution >= 4 is 31.1 Å². The van der Waals surface area contributed by atoms with E-state index in [4.69, 9.17) is 29.9 Å².